The smallest absolute Gasteiger partial charge is 0.306 e. The lowest BCUT2D eigenvalue weighted by Crippen LogP contribution is -2.61. The second-order valence-electron chi connectivity index (χ2n) is 15.7. The third-order valence-electron chi connectivity index (χ3n) is 10.1. The Morgan fingerprint density at radius 2 is 1.84 bits per heavy atom. The second kappa shape index (κ2) is 16.5. The molecule has 0 aromatic heterocycles. The summed E-state index contributed by atoms with van der Waals surface area (Å²) in [7, 11) is 0. The number of rotatable bonds is 18. The molecule has 1 spiro atoms. The lowest BCUT2D eigenvalue weighted by Gasteiger charge is -2.45. The van der Waals surface area contributed by atoms with Gasteiger partial charge < -0.3 is 29.7 Å². The summed E-state index contributed by atoms with van der Waals surface area (Å²) >= 11 is 3.78. The Labute approximate surface area is 306 Å². The number of aliphatic hydroxyl groups is 1. The number of hydrogen-bond acceptors (Lipinski definition) is 7. The van der Waals surface area contributed by atoms with Crippen LogP contribution in [0.2, 0.25) is 0 Å². The van der Waals surface area contributed by atoms with Gasteiger partial charge in [0.05, 0.1) is 24.0 Å². The van der Waals surface area contributed by atoms with Gasteiger partial charge in [0.15, 0.2) is 0 Å². The van der Waals surface area contributed by atoms with Crippen LogP contribution in [0, 0.1) is 17.3 Å². The zero-order chi connectivity index (χ0) is 36.9. The Hall–Kier alpha value is -3.02. The van der Waals surface area contributed by atoms with Crippen LogP contribution in [0.15, 0.2) is 55.6 Å². The first-order valence-corrected chi connectivity index (χ1v) is 18.8. The fraction of sp³-hybridized carbons (Fsp3) is 0.641. The normalized spacial score (nSPS) is 26.3. The molecule has 1 unspecified atom stereocenters. The fourth-order valence-electron chi connectivity index (χ4n) is 8.47. The van der Waals surface area contributed by atoms with Crippen LogP contribution in [-0.2, 0) is 28.7 Å². The molecule has 3 aliphatic rings. The van der Waals surface area contributed by atoms with Crippen molar-refractivity contribution in [2.45, 2.75) is 114 Å². The quantitative estimate of drug-likeness (QED) is 0.0878. The van der Waals surface area contributed by atoms with Gasteiger partial charge >= 0.3 is 5.97 Å². The van der Waals surface area contributed by atoms with E-state index in [-0.39, 0.29) is 47.6 Å². The topological polar surface area (TPSA) is 125 Å². The highest BCUT2D eigenvalue weighted by atomic mass is 79.9. The number of likely N-dealkylation sites (tertiary alicyclic amines) is 1. The molecule has 1 aromatic carbocycles. The minimum Gasteiger partial charge on any atom is -0.463 e. The summed E-state index contributed by atoms with van der Waals surface area (Å²) in [5, 5.41) is 12.5. The summed E-state index contributed by atoms with van der Waals surface area (Å²) in [5.41, 5.74) is -1.12. The van der Waals surface area contributed by atoms with Crippen LogP contribution >= 0.6 is 15.9 Å². The summed E-state index contributed by atoms with van der Waals surface area (Å²) in [4.78, 5) is 59.7. The van der Waals surface area contributed by atoms with Gasteiger partial charge in [-0.05, 0) is 63.4 Å². The van der Waals surface area contributed by atoms with E-state index in [1.54, 1.807) is 17.1 Å². The van der Waals surface area contributed by atoms with E-state index in [9.17, 15) is 19.5 Å². The van der Waals surface area contributed by atoms with Gasteiger partial charge in [0.25, 0.3) is 0 Å². The standard InChI is InChI=1S/C39H56BrN3O7/c1-8-10-19-29(45)49-24-28(26-17-13-11-14-18-26)41-34(46)30-31-35(47)42(21-15-12-16-22-44)33(39(31)23-27(40)32(30)50-39)36(48)43(20-9-2)38(6,7)25-37(3,4)5/h8-9,11,13-14,17-18,27-28,30-33,44H,1-2,10,12,15-16,19-25H2,3-7H3,(H,41,46)/t27?,28-,30-,31+,32-,33-,39+/m0/s1. The fourth-order valence-corrected chi connectivity index (χ4v) is 9.41. The molecule has 11 heteroatoms. The monoisotopic (exact) mass is 757 g/mol. The average Bonchev–Trinajstić information content (AvgIpc) is 3.64. The third-order valence-corrected chi connectivity index (χ3v) is 11.0. The number of unbranched alkanes of at least 4 members (excludes halogenated alkanes) is 2. The predicted molar refractivity (Wildman–Crippen MR) is 196 cm³/mol. The van der Waals surface area contributed by atoms with E-state index in [4.69, 9.17) is 9.47 Å². The van der Waals surface area contributed by atoms with Crippen molar-refractivity contribution in [2.75, 3.05) is 26.3 Å². The Kier molecular flexibility index (Phi) is 13.2. The number of nitrogens with one attached hydrogen (secondary N) is 1. The van der Waals surface area contributed by atoms with Crippen LogP contribution in [0.1, 0.15) is 91.2 Å². The molecule has 0 saturated carbocycles. The SMILES string of the molecule is C=CCCC(=O)OC[C@H](NC(=O)[C@@H]1[C@H]2O[C@@]3(CC2Br)[C@H](C(=O)N(CC=C)C(C)(C)CC(C)(C)C)N(CCCCCO)C(=O)[C@@H]13)c1ccccc1. The van der Waals surface area contributed by atoms with E-state index in [0.29, 0.717) is 51.6 Å². The number of carbonyl (C=O) groups excluding carboxylic acids is 4. The number of benzene rings is 1. The highest BCUT2D eigenvalue weighted by Gasteiger charge is 2.76. The number of esters is 1. The highest BCUT2D eigenvalue weighted by molar-refractivity contribution is 9.09. The number of fused-ring (bicyclic) bond motifs is 1. The number of ether oxygens (including phenoxy) is 2. The molecule has 2 bridgehead atoms. The third kappa shape index (κ3) is 8.53. The number of hydrogen-bond donors (Lipinski definition) is 2. The van der Waals surface area contributed by atoms with E-state index < -0.39 is 47.1 Å². The minimum absolute atomic E-state index is 0.0431. The number of nitrogens with zero attached hydrogens (tertiary/aromatic N) is 2. The molecule has 50 heavy (non-hydrogen) atoms. The van der Waals surface area contributed by atoms with Crippen molar-refractivity contribution in [1.29, 1.82) is 0 Å². The van der Waals surface area contributed by atoms with Crippen molar-refractivity contribution in [2.24, 2.45) is 17.3 Å². The van der Waals surface area contributed by atoms with Gasteiger partial charge in [-0.15, -0.1) is 13.2 Å². The van der Waals surface area contributed by atoms with Gasteiger partial charge in [-0.25, -0.2) is 0 Å². The molecule has 276 valence electrons. The van der Waals surface area contributed by atoms with Crippen molar-refractivity contribution in [3.63, 3.8) is 0 Å². The number of alkyl halides is 1. The number of halogens is 1. The maximum atomic E-state index is 15.0. The molecule has 3 heterocycles. The lowest BCUT2D eigenvalue weighted by atomic mass is 9.70. The van der Waals surface area contributed by atoms with Gasteiger partial charge in [0, 0.05) is 36.5 Å². The summed E-state index contributed by atoms with van der Waals surface area (Å²) in [6, 6.07) is 7.66. The molecule has 10 nitrogen and oxygen atoms in total. The second-order valence-corrected chi connectivity index (χ2v) is 16.9. The highest BCUT2D eigenvalue weighted by Crippen LogP contribution is 2.60. The van der Waals surface area contributed by atoms with Crippen molar-refractivity contribution in [3.05, 3.63) is 61.2 Å². The summed E-state index contributed by atoms with van der Waals surface area (Å²) in [5.74, 6) is -3.03. The molecule has 2 N–H and O–H groups in total. The van der Waals surface area contributed by atoms with E-state index in [1.165, 1.54) is 0 Å². The van der Waals surface area contributed by atoms with Crippen molar-refractivity contribution < 1.29 is 33.8 Å². The maximum absolute atomic E-state index is 15.0. The Morgan fingerprint density at radius 3 is 2.46 bits per heavy atom. The van der Waals surface area contributed by atoms with E-state index in [0.717, 1.165) is 5.56 Å². The molecule has 3 aliphatic heterocycles. The maximum Gasteiger partial charge on any atom is 0.306 e. The van der Waals surface area contributed by atoms with Crippen LogP contribution in [0.3, 0.4) is 0 Å². The van der Waals surface area contributed by atoms with Crippen LogP contribution in [0.5, 0.6) is 0 Å². The van der Waals surface area contributed by atoms with Gasteiger partial charge in [-0.1, -0.05) is 79.2 Å². The first kappa shape index (κ1) is 39.8. The molecule has 3 saturated heterocycles. The van der Waals surface area contributed by atoms with Crippen molar-refractivity contribution in [1.82, 2.24) is 15.1 Å². The van der Waals surface area contributed by atoms with Gasteiger partial charge in [0.2, 0.25) is 17.7 Å². The molecule has 4 rings (SSSR count). The molecular weight excluding hydrogens is 702 g/mol. The largest absolute Gasteiger partial charge is 0.463 e. The number of aliphatic hydroxyl groups excluding tert-OH is 1. The summed E-state index contributed by atoms with van der Waals surface area (Å²) in [6.45, 7) is 18.7. The molecule has 0 radical (unpaired) electrons. The minimum atomic E-state index is -1.22. The van der Waals surface area contributed by atoms with Gasteiger partial charge in [0.1, 0.15) is 18.2 Å². The Balaban J connectivity index is 1.70. The molecule has 0 aliphatic carbocycles. The van der Waals surface area contributed by atoms with Crippen molar-refractivity contribution >= 4 is 39.6 Å². The first-order valence-electron chi connectivity index (χ1n) is 17.9. The number of carbonyl (C=O) groups is 4. The number of allylic oxidation sites excluding steroid dienone is 1. The van der Waals surface area contributed by atoms with Crippen LogP contribution in [0.25, 0.3) is 0 Å². The molecule has 1 aromatic rings. The summed E-state index contributed by atoms with van der Waals surface area (Å²) in [6.07, 6.45) is 6.35. The zero-order valence-electron chi connectivity index (χ0n) is 30.4. The van der Waals surface area contributed by atoms with Crippen LogP contribution in [-0.4, -0.2) is 93.0 Å². The predicted octanol–water partition coefficient (Wildman–Crippen LogP) is 5.49. The van der Waals surface area contributed by atoms with Crippen LogP contribution in [0.4, 0.5) is 0 Å². The number of amides is 3. The molecule has 3 amide bonds. The molecule has 3 fully saturated rings. The average molecular weight is 759 g/mol. The van der Waals surface area contributed by atoms with E-state index in [2.05, 4.69) is 55.2 Å². The van der Waals surface area contributed by atoms with E-state index in [1.807, 2.05) is 49.1 Å². The van der Waals surface area contributed by atoms with Gasteiger partial charge in [-0.2, -0.15) is 0 Å². The van der Waals surface area contributed by atoms with Crippen LogP contribution < -0.4 is 5.32 Å². The molecule has 7 atom stereocenters. The van der Waals surface area contributed by atoms with E-state index >= 15 is 4.79 Å². The summed E-state index contributed by atoms with van der Waals surface area (Å²) < 4.78 is 12.4. The zero-order valence-corrected chi connectivity index (χ0v) is 32.0. The first-order chi connectivity index (χ1) is 23.6. The lowest BCUT2D eigenvalue weighted by molar-refractivity contribution is -0.153. The Bertz CT molecular complexity index is 1400. The van der Waals surface area contributed by atoms with Gasteiger partial charge in [-0.3, -0.25) is 19.2 Å². The Morgan fingerprint density at radius 1 is 1.14 bits per heavy atom. The van der Waals surface area contributed by atoms with Crippen molar-refractivity contribution in [3.8, 4) is 0 Å². The molecular formula is C39H56BrN3O7.